The molecule has 0 saturated heterocycles. The van der Waals surface area contributed by atoms with Gasteiger partial charge in [-0.3, -0.25) is 0 Å². The molecule has 0 aliphatic heterocycles. The van der Waals surface area contributed by atoms with Crippen molar-refractivity contribution < 1.29 is 14.6 Å². The number of hydrogen-bond donors (Lipinski definition) is 2. The Bertz CT molecular complexity index is 366. The molecule has 1 rings (SSSR count). The van der Waals surface area contributed by atoms with Gasteiger partial charge >= 0.3 is 5.97 Å². The molecule has 1 unspecified atom stereocenters. The number of nitrogens with two attached hydrogens (primary N) is 1. The van der Waals surface area contributed by atoms with Crippen molar-refractivity contribution in [1.82, 2.24) is 0 Å². The Balaban J connectivity index is 2.89. The average Bonchev–Trinajstić information content (AvgIpc) is 2.15. The first-order valence-electron chi connectivity index (χ1n) is 4.42. The largest absolute Gasteiger partial charge is 0.490 e. The highest BCUT2D eigenvalue weighted by Crippen LogP contribution is 2.28. The highest BCUT2D eigenvalue weighted by atomic mass is 35.5. The van der Waals surface area contributed by atoms with Crippen molar-refractivity contribution in [3.05, 3.63) is 28.8 Å². The second kappa shape index (κ2) is 5.00. The summed E-state index contributed by atoms with van der Waals surface area (Å²) in [6.07, 6.45) is 0. The maximum absolute atomic E-state index is 10.7. The third-order valence-electron chi connectivity index (χ3n) is 1.70. The van der Waals surface area contributed by atoms with Crippen LogP contribution in [0.25, 0.3) is 0 Å². The number of carboxylic acid groups (broad SMARTS) is 1. The first-order valence-corrected chi connectivity index (χ1v) is 4.80. The minimum atomic E-state index is -1.08. The summed E-state index contributed by atoms with van der Waals surface area (Å²) in [5, 5.41) is 8.91. The van der Waals surface area contributed by atoms with E-state index in [0.29, 0.717) is 12.4 Å². The Morgan fingerprint density at radius 2 is 2.33 bits per heavy atom. The number of carbonyl (C=O) groups is 1. The van der Waals surface area contributed by atoms with E-state index < -0.39 is 5.97 Å². The van der Waals surface area contributed by atoms with Gasteiger partial charge in [0.15, 0.2) is 0 Å². The maximum Gasteiger partial charge on any atom is 0.337 e. The minimum absolute atomic E-state index is 0.0267. The number of rotatable bonds is 4. The fourth-order valence-corrected chi connectivity index (χ4v) is 1.27. The quantitative estimate of drug-likeness (QED) is 0.825. The van der Waals surface area contributed by atoms with Crippen LogP contribution in [0.5, 0.6) is 5.75 Å². The van der Waals surface area contributed by atoms with E-state index >= 15 is 0 Å². The molecular formula is C10H12ClNO3. The Labute approximate surface area is 92.6 Å². The van der Waals surface area contributed by atoms with Crippen molar-refractivity contribution in [2.75, 3.05) is 6.61 Å². The van der Waals surface area contributed by atoms with Gasteiger partial charge in [-0.15, -0.1) is 0 Å². The van der Waals surface area contributed by atoms with Crippen LogP contribution in [-0.4, -0.2) is 23.7 Å². The van der Waals surface area contributed by atoms with Crippen molar-refractivity contribution in [2.24, 2.45) is 5.73 Å². The zero-order valence-corrected chi connectivity index (χ0v) is 8.99. The normalized spacial score (nSPS) is 12.2. The van der Waals surface area contributed by atoms with Crippen LogP contribution in [0.15, 0.2) is 18.2 Å². The molecule has 5 heteroatoms. The number of benzene rings is 1. The topological polar surface area (TPSA) is 72.5 Å². The Morgan fingerprint density at radius 3 is 2.87 bits per heavy atom. The molecule has 0 spiro atoms. The number of hydrogen-bond acceptors (Lipinski definition) is 3. The molecule has 0 aliphatic rings. The van der Waals surface area contributed by atoms with Crippen molar-refractivity contribution in [3.63, 3.8) is 0 Å². The van der Waals surface area contributed by atoms with Gasteiger partial charge in [-0.05, 0) is 19.1 Å². The Morgan fingerprint density at radius 1 is 1.67 bits per heavy atom. The monoisotopic (exact) mass is 229 g/mol. The van der Waals surface area contributed by atoms with E-state index in [4.69, 9.17) is 27.2 Å². The van der Waals surface area contributed by atoms with E-state index in [0.717, 1.165) is 0 Å². The lowest BCUT2D eigenvalue weighted by atomic mass is 10.2. The molecule has 4 nitrogen and oxygen atoms in total. The molecule has 1 aromatic rings. The molecule has 1 aromatic carbocycles. The molecule has 0 amide bonds. The third-order valence-corrected chi connectivity index (χ3v) is 2.09. The van der Waals surface area contributed by atoms with Gasteiger partial charge in [-0.2, -0.15) is 0 Å². The van der Waals surface area contributed by atoms with Crippen molar-refractivity contribution in [1.29, 1.82) is 0 Å². The van der Waals surface area contributed by atoms with Gasteiger partial charge in [-0.25, -0.2) is 4.79 Å². The molecule has 82 valence electrons. The number of halogens is 1. The fourth-order valence-electron chi connectivity index (χ4n) is 1.01. The number of ether oxygens (including phenoxy) is 1. The van der Waals surface area contributed by atoms with E-state index in [1.807, 2.05) is 0 Å². The summed E-state index contributed by atoms with van der Waals surface area (Å²) in [6, 6.07) is 4.47. The van der Waals surface area contributed by atoms with Crippen LogP contribution in [0, 0.1) is 0 Å². The van der Waals surface area contributed by atoms with E-state index in [2.05, 4.69) is 0 Å². The van der Waals surface area contributed by atoms with Gasteiger partial charge in [0.25, 0.3) is 0 Å². The van der Waals surface area contributed by atoms with Crippen LogP contribution in [0.2, 0.25) is 5.02 Å². The minimum Gasteiger partial charge on any atom is -0.490 e. The zero-order chi connectivity index (χ0) is 11.4. The predicted molar refractivity (Wildman–Crippen MR) is 57.6 cm³/mol. The summed E-state index contributed by atoms with van der Waals surface area (Å²) in [5.41, 5.74) is 5.53. The van der Waals surface area contributed by atoms with Crippen molar-refractivity contribution >= 4 is 17.6 Å². The summed E-state index contributed by atoms with van der Waals surface area (Å²) in [4.78, 5) is 10.7. The lowest BCUT2D eigenvalue weighted by molar-refractivity contribution is 0.0696. The SMILES string of the molecule is CC(N)COc1cccc(C(=O)O)c1Cl. The molecule has 0 radical (unpaired) electrons. The summed E-state index contributed by atoms with van der Waals surface area (Å²) in [6.45, 7) is 2.08. The number of carboxylic acids is 1. The molecule has 0 fully saturated rings. The zero-order valence-electron chi connectivity index (χ0n) is 8.24. The van der Waals surface area contributed by atoms with E-state index in [1.165, 1.54) is 6.07 Å². The summed E-state index contributed by atoms with van der Waals surface area (Å²) in [5.74, 6) is -0.736. The van der Waals surface area contributed by atoms with Crippen LogP contribution >= 0.6 is 11.6 Å². The van der Waals surface area contributed by atoms with Gasteiger partial charge in [0.05, 0.1) is 10.6 Å². The first kappa shape index (κ1) is 11.8. The van der Waals surface area contributed by atoms with Gasteiger partial charge in [-0.1, -0.05) is 17.7 Å². The van der Waals surface area contributed by atoms with Crippen LogP contribution in [0.4, 0.5) is 0 Å². The van der Waals surface area contributed by atoms with Crippen LogP contribution in [0.3, 0.4) is 0 Å². The molecular weight excluding hydrogens is 218 g/mol. The molecule has 15 heavy (non-hydrogen) atoms. The standard InChI is InChI=1S/C10H12ClNO3/c1-6(12)5-15-8-4-2-3-7(9(8)11)10(13)14/h2-4,6H,5,12H2,1H3,(H,13,14). The molecule has 3 N–H and O–H groups in total. The molecule has 0 heterocycles. The van der Waals surface area contributed by atoms with E-state index in [9.17, 15) is 4.79 Å². The van der Waals surface area contributed by atoms with Crippen molar-refractivity contribution in [2.45, 2.75) is 13.0 Å². The maximum atomic E-state index is 10.7. The second-order valence-electron chi connectivity index (χ2n) is 3.21. The molecule has 0 bridgehead atoms. The van der Waals surface area contributed by atoms with Gasteiger partial charge in [0, 0.05) is 6.04 Å². The average molecular weight is 230 g/mol. The van der Waals surface area contributed by atoms with E-state index in [1.54, 1.807) is 19.1 Å². The van der Waals surface area contributed by atoms with Gasteiger partial charge < -0.3 is 15.6 Å². The van der Waals surface area contributed by atoms with Gasteiger partial charge in [0.2, 0.25) is 0 Å². The Kier molecular flexibility index (Phi) is 3.94. The smallest absolute Gasteiger partial charge is 0.337 e. The van der Waals surface area contributed by atoms with E-state index in [-0.39, 0.29) is 16.6 Å². The van der Waals surface area contributed by atoms with Crippen molar-refractivity contribution in [3.8, 4) is 5.75 Å². The lowest BCUT2D eigenvalue weighted by Gasteiger charge is -2.11. The summed E-state index contributed by atoms with van der Waals surface area (Å²) >= 11 is 5.84. The fraction of sp³-hybridized carbons (Fsp3) is 0.300. The highest BCUT2D eigenvalue weighted by molar-refractivity contribution is 6.34. The number of aromatic carboxylic acids is 1. The highest BCUT2D eigenvalue weighted by Gasteiger charge is 2.12. The predicted octanol–water partition coefficient (Wildman–Crippen LogP) is 1.76. The summed E-state index contributed by atoms with van der Waals surface area (Å²) < 4.78 is 5.27. The van der Waals surface area contributed by atoms with Crippen LogP contribution < -0.4 is 10.5 Å². The summed E-state index contributed by atoms with van der Waals surface area (Å²) in [7, 11) is 0. The molecule has 0 aromatic heterocycles. The molecule has 1 atom stereocenters. The lowest BCUT2D eigenvalue weighted by Crippen LogP contribution is -2.23. The molecule has 0 saturated carbocycles. The Hall–Kier alpha value is -1.26. The first-order chi connectivity index (χ1) is 7.02. The van der Waals surface area contributed by atoms with Gasteiger partial charge in [0.1, 0.15) is 12.4 Å². The third kappa shape index (κ3) is 3.11. The van der Waals surface area contributed by atoms with Crippen LogP contribution in [-0.2, 0) is 0 Å². The second-order valence-corrected chi connectivity index (χ2v) is 3.59. The van der Waals surface area contributed by atoms with Crippen LogP contribution in [0.1, 0.15) is 17.3 Å². The molecule has 0 aliphatic carbocycles.